The Kier molecular flexibility index (Phi) is 3.99. The third-order valence-corrected chi connectivity index (χ3v) is 2.98. The number of rotatable bonds is 5. The van der Waals surface area contributed by atoms with E-state index in [1.807, 2.05) is 28.8 Å². The van der Waals surface area contributed by atoms with Crippen molar-refractivity contribution in [3.05, 3.63) is 42.0 Å². The molecule has 0 atom stereocenters. The van der Waals surface area contributed by atoms with E-state index in [-0.39, 0.29) is 6.61 Å². The van der Waals surface area contributed by atoms with Gasteiger partial charge in [-0.3, -0.25) is 4.57 Å². The molecule has 0 aliphatic carbocycles. The summed E-state index contributed by atoms with van der Waals surface area (Å²) in [5.74, 6) is 0.991. The van der Waals surface area contributed by atoms with Crippen LogP contribution in [-0.2, 0) is 13.0 Å². The zero-order chi connectivity index (χ0) is 13.0. The third-order valence-electron chi connectivity index (χ3n) is 2.98. The van der Waals surface area contributed by atoms with E-state index in [4.69, 9.17) is 5.73 Å². The number of aromatic nitrogens is 2. The standard InChI is InChI=1S/C14H19N3O/c1-2-3-4-14-16-9-13(10-18)17(14)12-7-5-11(15)6-8-12/h5-9,18H,2-4,10,15H2,1H3. The van der Waals surface area contributed by atoms with Gasteiger partial charge >= 0.3 is 0 Å². The molecule has 0 aliphatic rings. The van der Waals surface area contributed by atoms with Crippen LogP contribution in [0.5, 0.6) is 0 Å². The van der Waals surface area contributed by atoms with Gasteiger partial charge < -0.3 is 10.8 Å². The Bertz CT molecular complexity index is 502. The summed E-state index contributed by atoms with van der Waals surface area (Å²) in [6.45, 7) is 2.15. The van der Waals surface area contributed by atoms with Gasteiger partial charge in [-0.1, -0.05) is 13.3 Å². The first-order valence-electron chi connectivity index (χ1n) is 6.28. The Balaban J connectivity index is 2.39. The first kappa shape index (κ1) is 12.6. The Labute approximate surface area is 107 Å². The van der Waals surface area contributed by atoms with Crippen LogP contribution >= 0.6 is 0 Å². The molecule has 2 rings (SSSR count). The number of hydrogen-bond acceptors (Lipinski definition) is 3. The number of anilines is 1. The molecule has 3 N–H and O–H groups in total. The number of nitrogen functional groups attached to an aromatic ring is 1. The van der Waals surface area contributed by atoms with Gasteiger partial charge in [-0.25, -0.2) is 4.98 Å². The lowest BCUT2D eigenvalue weighted by molar-refractivity contribution is 0.274. The Morgan fingerprint density at radius 3 is 2.61 bits per heavy atom. The molecular weight excluding hydrogens is 226 g/mol. The van der Waals surface area contributed by atoms with Crippen molar-refractivity contribution in [2.24, 2.45) is 0 Å². The van der Waals surface area contributed by atoms with Crippen molar-refractivity contribution < 1.29 is 5.11 Å². The highest BCUT2D eigenvalue weighted by Crippen LogP contribution is 2.18. The molecule has 0 bridgehead atoms. The molecule has 1 heterocycles. The molecular formula is C14H19N3O. The number of benzene rings is 1. The number of nitrogens with two attached hydrogens (primary N) is 1. The number of imidazole rings is 1. The van der Waals surface area contributed by atoms with Crippen LogP contribution in [0.2, 0.25) is 0 Å². The summed E-state index contributed by atoms with van der Waals surface area (Å²) < 4.78 is 2.01. The minimum atomic E-state index is -0.0104. The van der Waals surface area contributed by atoms with Gasteiger partial charge in [0, 0.05) is 17.8 Å². The summed E-state index contributed by atoms with van der Waals surface area (Å²) in [5, 5.41) is 9.39. The van der Waals surface area contributed by atoms with E-state index < -0.39 is 0 Å². The molecule has 0 aliphatic heterocycles. The zero-order valence-electron chi connectivity index (χ0n) is 10.6. The summed E-state index contributed by atoms with van der Waals surface area (Å²) >= 11 is 0. The Hall–Kier alpha value is -1.81. The van der Waals surface area contributed by atoms with Crippen LogP contribution in [0.15, 0.2) is 30.5 Å². The molecule has 1 aromatic heterocycles. The second kappa shape index (κ2) is 5.69. The van der Waals surface area contributed by atoms with E-state index in [1.54, 1.807) is 6.20 Å². The predicted octanol–water partition coefficient (Wildman–Crippen LogP) is 2.29. The maximum atomic E-state index is 9.39. The van der Waals surface area contributed by atoms with Crippen LogP contribution in [0.1, 0.15) is 31.3 Å². The van der Waals surface area contributed by atoms with Crippen molar-refractivity contribution in [1.29, 1.82) is 0 Å². The molecule has 0 saturated heterocycles. The summed E-state index contributed by atoms with van der Waals surface area (Å²) in [5.41, 5.74) is 8.24. The van der Waals surface area contributed by atoms with Gasteiger partial charge in [0.2, 0.25) is 0 Å². The van der Waals surface area contributed by atoms with Crippen molar-refractivity contribution in [1.82, 2.24) is 9.55 Å². The highest BCUT2D eigenvalue weighted by atomic mass is 16.3. The second-order valence-corrected chi connectivity index (χ2v) is 4.35. The molecule has 2 aromatic rings. The molecule has 0 unspecified atom stereocenters. The topological polar surface area (TPSA) is 64.1 Å². The minimum Gasteiger partial charge on any atom is -0.399 e. The Morgan fingerprint density at radius 2 is 2.00 bits per heavy atom. The van der Waals surface area contributed by atoms with Crippen LogP contribution in [0, 0.1) is 0 Å². The quantitative estimate of drug-likeness (QED) is 0.794. The minimum absolute atomic E-state index is 0.0104. The van der Waals surface area contributed by atoms with Gasteiger partial charge in [0.1, 0.15) is 5.82 Å². The molecule has 96 valence electrons. The normalized spacial score (nSPS) is 10.8. The lowest BCUT2D eigenvalue weighted by Gasteiger charge is -2.11. The predicted molar refractivity (Wildman–Crippen MR) is 72.5 cm³/mol. The molecule has 0 saturated carbocycles. The molecule has 1 aromatic carbocycles. The molecule has 0 fully saturated rings. The van der Waals surface area contributed by atoms with Gasteiger partial charge in [0.05, 0.1) is 18.5 Å². The number of aliphatic hydroxyl groups is 1. The fourth-order valence-electron chi connectivity index (χ4n) is 1.99. The summed E-state index contributed by atoms with van der Waals surface area (Å²) in [7, 11) is 0. The van der Waals surface area contributed by atoms with Crippen molar-refractivity contribution >= 4 is 5.69 Å². The summed E-state index contributed by atoms with van der Waals surface area (Å²) in [6.07, 6.45) is 4.88. The van der Waals surface area contributed by atoms with Gasteiger partial charge in [0.25, 0.3) is 0 Å². The van der Waals surface area contributed by atoms with Crippen molar-refractivity contribution in [3.8, 4) is 5.69 Å². The van der Waals surface area contributed by atoms with Gasteiger partial charge in [-0.2, -0.15) is 0 Å². The molecule has 0 spiro atoms. The molecule has 0 radical (unpaired) electrons. The fraction of sp³-hybridized carbons (Fsp3) is 0.357. The van der Waals surface area contributed by atoms with E-state index in [2.05, 4.69) is 11.9 Å². The average molecular weight is 245 g/mol. The molecule has 4 heteroatoms. The van der Waals surface area contributed by atoms with Gasteiger partial charge in [0.15, 0.2) is 0 Å². The lowest BCUT2D eigenvalue weighted by atomic mass is 10.2. The SMILES string of the molecule is CCCCc1ncc(CO)n1-c1ccc(N)cc1. The molecule has 0 amide bonds. The van der Waals surface area contributed by atoms with Crippen LogP contribution in [0.4, 0.5) is 5.69 Å². The van der Waals surface area contributed by atoms with E-state index in [0.29, 0.717) is 0 Å². The van der Waals surface area contributed by atoms with Crippen molar-refractivity contribution in [2.45, 2.75) is 32.8 Å². The molecule has 4 nitrogen and oxygen atoms in total. The Morgan fingerprint density at radius 1 is 1.28 bits per heavy atom. The molecule has 18 heavy (non-hydrogen) atoms. The van der Waals surface area contributed by atoms with Crippen LogP contribution in [0.25, 0.3) is 5.69 Å². The maximum absolute atomic E-state index is 9.39. The number of nitrogens with zero attached hydrogens (tertiary/aromatic N) is 2. The second-order valence-electron chi connectivity index (χ2n) is 4.35. The van der Waals surface area contributed by atoms with E-state index in [1.165, 1.54) is 0 Å². The number of aryl methyl sites for hydroxylation is 1. The average Bonchev–Trinajstić information content (AvgIpc) is 2.80. The fourth-order valence-corrected chi connectivity index (χ4v) is 1.99. The van der Waals surface area contributed by atoms with Crippen molar-refractivity contribution in [2.75, 3.05) is 5.73 Å². The third kappa shape index (κ3) is 2.54. The smallest absolute Gasteiger partial charge is 0.113 e. The van der Waals surface area contributed by atoms with Crippen LogP contribution in [-0.4, -0.2) is 14.7 Å². The van der Waals surface area contributed by atoms with E-state index in [9.17, 15) is 5.11 Å². The van der Waals surface area contributed by atoms with Gasteiger partial charge in [-0.05, 0) is 30.7 Å². The van der Waals surface area contributed by atoms with Crippen LogP contribution in [0.3, 0.4) is 0 Å². The van der Waals surface area contributed by atoms with Crippen molar-refractivity contribution in [3.63, 3.8) is 0 Å². The number of unbranched alkanes of at least 4 members (excludes halogenated alkanes) is 1. The number of hydrogen-bond donors (Lipinski definition) is 2. The highest BCUT2D eigenvalue weighted by molar-refractivity contribution is 5.46. The maximum Gasteiger partial charge on any atom is 0.113 e. The summed E-state index contributed by atoms with van der Waals surface area (Å²) in [6, 6.07) is 7.62. The summed E-state index contributed by atoms with van der Waals surface area (Å²) in [4.78, 5) is 4.40. The zero-order valence-corrected chi connectivity index (χ0v) is 10.6. The van der Waals surface area contributed by atoms with Gasteiger partial charge in [-0.15, -0.1) is 0 Å². The number of aliphatic hydroxyl groups excluding tert-OH is 1. The first-order chi connectivity index (χ1) is 8.76. The van der Waals surface area contributed by atoms with E-state index in [0.717, 1.165) is 42.2 Å². The first-order valence-corrected chi connectivity index (χ1v) is 6.28. The largest absolute Gasteiger partial charge is 0.399 e. The monoisotopic (exact) mass is 245 g/mol. The van der Waals surface area contributed by atoms with E-state index >= 15 is 0 Å². The highest BCUT2D eigenvalue weighted by Gasteiger charge is 2.10. The van der Waals surface area contributed by atoms with Crippen LogP contribution < -0.4 is 5.73 Å². The lowest BCUT2D eigenvalue weighted by Crippen LogP contribution is -2.05.